The molecule has 0 atom stereocenters. The lowest BCUT2D eigenvalue weighted by Crippen LogP contribution is -2.39. The minimum Gasteiger partial charge on any atom is -0.346 e. The molecular formula is C14H29ClN2O. The first-order valence-electron chi connectivity index (χ1n) is 7.07. The summed E-state index contributed by atoms with van der Waals surface area (Å²) >= 11 is 0. The average molecular weight is 277 g/mol. The van der Waals surface area contributed by atoms with Gasteiger partial charge in [-0.2, -0.15) is 0 Å². The molecule has 0 aromatic heterocycles. The van der Waals surface area contributed by atoms with Crippen LogP contribution in [0.3, 0.4) is 0 Å². The Labute approximate surface area is 118 Å². The Kier molecular flexibility index (Phi) is 8.62. The van der Waals surface area contributed by atoms with Crippen LogP contribution in [0.2, 0.25) is 0 Å². The molecule has 0 saturated heterocycles. The maximum absolute atomic E-state index is 12.2. The molecule has 2 N–H and O–H groups in total. The minimum absolute atomic E-state index is 0. The molecule has 1 rings (SSSR count). The molecule has 0 bridgehead atoms. The molecule has 1 aliphatic rings. The van der Waals surface area contributed by atoms with Gasteiger partial charge < -0.3 is 10.6 Å². The van der Waals surface area contributed by atoms with E-state index in [0.717, 1.165) is 32.2 Å². The smallest absolute Gasteiger partial charge is 0.222 e. The van der Waals surface area contributed by atoms with E-state index in [9.17, 15) is 4.79 Å². The van der Waals surface area contributed by atoms with Gasteiger partial charge in [0.05, 0.1) is 0 Å². The molecule has 1 amide bonds. The maximum Gasteiger partial charge on any atom is 0.222 e. The number of halogens is 1. The van der Waals surface area contributed by atoms with Gasteiger partial charge in [0, 0.05) is 20.0 Å². The van der Waals surface area contributed by atoms with Gasteiger partial charge in [0.15, 0.2) is 0 Å². The molecule has 1 fully saturated rings. The SMILES string of the molecule is CCCCN(C)C(=O)CC1(CN)CCCCC1.Cl. The summed E-state index contributed by atoms with van der Waals surface area (Å²) < 4.78 is 0. The minimum atomic E-state index is 0. The zero-order valence-corrected chi connectivity index (χ0v) is 12.7. The summed E-state index contributed by atoms with van der Waals surface area (Å²) in [4.78, 5) is 14.0. The van der Waals surface area contributed by atoms with Crippen LogP contribution in [0.5, 0.6) is 0 Å². The zero-order valence-electron chi connectivity index (χ0n) is 11.9. The molecular weight excluding hydrogens is 248 g/mol. The molecule has 0 spiro atoms. The molecule has 0 radical (unpaired) electrons. The number of carbonyl (C=O) groups is 1. The normalized spacial score (nSPS) is 17.9. The molecule has 4 heteroatoms. The van der Waals surface area contributed by atoms with Crippen LogP contribution in [0, 0.1) is 5.41 Å². The highest BCUT2D eigenvalue weighted by Crippen LogP contribution is 2.38. The van der Waals surface area contributed by atoms with E-state index >= 15 is 0 Å². The van der Waals surface area contributed by atoms with Crippen LogP contribution in [-0.2, 0) is 4.79 Å². The van der Waals surface area contributed by atoms with Crippen molar-refractivity contribution >= 4 is 18.3 Å². The number of nitrogens with two attached hydrogens (primary N) is 1. The Morgan fingerprint density at radius 2 is 1.89 bits per heavy atom. The van der Waals surface area contributed by atoms with E-state index in [4.69, 9.17) is 5.73 Å². The second-order valence-corrected chi connectivity index (χ2v) is 5.61. The summed E-state index contributed by atoms with van der Waals surface area (Å²) in [7, 11) is 1.92. The summed E-state index contributed by atoms with van der Waals surface area (Å²) in [5.41, 5.74) is 6.02. The molecule has 3 nitrogen and oxygen atoms in total. The first-order chi connectivity index (χ1) is 8.13. The van der Waals surface area contributed by atoms with Crippen molar-refractivity contribution in [1.29, 1.82) is 0 Å². The first kappa shape index (κ1) is 17.7. The van der Waals surface area contributed by atoms with E-state index in [-0.39, 0.29) is 23.7 Å². The third-order valence-electron chi connectivity index (χ3n) is 4.15. The Balaban J connectivity index is 0.00000289. The number of amides is 1. The highest BCUT2D eigenvalue weighted by molar-refractivity contribution is 5.85. The third-order valence-corrected chi connectivity index (χ3v) is 4.15. The van der Waals surface area contributed by atoms with Crippen LogP contribution in [0.4, 0.5) is 0 Å². The number of hydrogen-bond acceptors (Lipinski definition) is 2. The van der Waals surface area contributed by atoms with Gasteiger partial charge in [-0.15, -0.1) is 12.4 Å². The van der Waals surface area contributed by atoms with Gasteiger partial charge in [0.25, 0.3) is 0 Å². The monoisotopic (exact) mass is 276 g/mol. The topological polar surface area (TPSA) is 46.3 Å². The molecule has 0 unspecified atom stereocenters. The maximum atomic E-state index is 12.2. The fourth-order valence-corrected chi connectivity index (χ4v) is 2.73. The van der Waals surface area contributed by atoms with E-state index in [1.54, 1.807) is 0 Å². The predicted octanol–water partition coefficient (Wildman–Crippen LogP) is 2.97. The second-order valence-electron chi connectivity index (χ2n) is 5.61. The van der Waals surface area contributed by atoms with E-state index in [2.05, 4.69) is 6.92 Å². The van der Waals surface area contributed by atoms with Crippen molar-refractivity contribution in [2.75, 3.05) is 20.1 Å². The van der Waals surface area contributed by atoms with Crippen molar-refractivity contribution in [2.24, 2.45) is 11.1 Å². The summed E-state index contributed by atoms with van der Waals surface area (Å²) in [6, 6.07) is 0. The second kappa shape index (κ2) is 8.76. The molecule has 108 valence electrons. The Morgan fingerprint density at radius 3 is 2.39 bits per heavy atom. The van der Waals surface area contributed by atoms with Gasteiger partial charge in [0.2, 0.25) is 5.91 Å². The van der Waals surface area contributed by atoms with Gasteiger partial charge >= 0.3 is 0 Å². The van der Waals surface area contributed by atoms with Gasteiger partial charge in [-0.1, -0.05) is 32.6 Å². The summed E-state index contributed by atoms with van der Waals surface area (Å²) in [5, 5.41) is 0. The van der Waals surface area contributed by atoms with Crippen LogP contribution >= 0.6 is 12.4 Å². The number of rotatable bonds is 6. The number of nitrogens with zero attached hydrogens (tertiary/aromatic N) is 1. The average Bonchev–Trinajstić information content (AvgIpc) is 2.36. The van der Waals surface area contributed by atoms with Crippen LogP contribution in [-0.4, -0.2) is 30.9 Å². The van der Waals surface area contributed by atoms with Gasteiger partial charge in [-0.25, -0.2) is 0 Å². The summed E-state index contributed by atoms with van der Waals surface area (Å²) in [6.07, 6.45) is 8.95. The molecule has 0 aromatic carbocycles. The van der Waals surface area contributed by atoms with E-state index < -0.39 is 0 Å². The lowest BCUT2D eigenvalue weighted by atomic mass is 9.71. The van der Waals surface area contributed by atoms with Crippen LogP contribution < -0.4 is 5.73 Å². The fourth-order valence-electron chi connectivity index (χ4n) is 2.73. The number of carbonyl (C=O) groups excluding carboxylic acids is 1. The fraction of sp³-hybridized carbons (Fsp3) is 0.929. The molecule has 0 aromatic rings. The third kappa shape index (κ3) is 5.15. The number of unbranched alkanes of at least 4 members (excludes halogenated alkanes) is 1. The largest absolute Gasteiger partial charge is 0.346 e. The quantitative estimate of drug-likeness (QED) is 0.811. The van der Waals surface area contributed by atoms with Crippen molar-refractivity contribution in [3.8, 4) is 0 Å². The molecule has 0 heterocycles. The van der Waals surface area contributed by atoms with Crippen molar-refractivity contribution in [1.82, 2.24) is 4.90 Å². The first-order valence-corrected chi connectivity index (χ1v) is 7.07. The van der Waals surface area contributed by atoms with Crippen molar-refractivity contribution in [3.63, 3.8) is 0 Å². The summed E-state index contributed by atoms with van der Waals surface area (Å²) in [5.74, 6) is 0.283. The Bertz CT molecular complexity index is 240. The van der Waals surface area contributed by atoms with Crippen LogP contribution in [0.1, 0.15) is 58.3 Å². The van der Waals surface area contributed by atoms with Crippen molar-refractivity contribution in [2.45, 2.75) is 58.3 Å². The highest BCUT2D eigenvalue weighted by atomic mass is 35.5. The molecule has 1 aliphatic carbocycles. The van der Waals surface area contributed by atoms with Gasteiger partial charge in [-0.05, 0) is 31.2 Å². The van der Waals surface area contributed by atoms with Gasteiger partial charge in [0.1, 0.15) is 0 Å². The van der Waals surface area contributed by atoms with Crippen molar-refractivity contribution in [3.05, 3.63) is 0 Å². The Hall–Kier alpha value is -0.280. The van der Waals surface area contributed by atoms with Gasteiger partial charge in [-0.3, -0.25) is 4.79 Å². The lowest BCUT2D eigenvalue weighted by Gasteiger charge is -2.36. The lowest BCUT2D eigenvalue weighted by molar-refractivity contribution is -0.133. The Morgan fingerprint density at radius 1 is 1.28 bits per heavy atom. The summed E-state index contributed by atoms with van der Waals surface area (Å²) in [6.45, 7) is 3.71. The predicted molar refractivity (Wildman–Crippen MR) is 79.0 cm³/mol. The standard InChI is InChI=1S/C14H28N2O.ClH/c1-3-4-10-16(2)13(17)11-14(12-15)8-6-5-7-9-14;/h3-12,15H2,1-2H3;1H. The number of hydrogen-bond donors (Lipinski definition) is 1. The van der Waals surface area contributed by atoms with E-state index in [0.29, 0.717) is 13.0 Å². The highest BCUT2D eigenvalue weighted by Gasteiger charge is 2.33. The van der Waals surface area contributed by atoms with Crippen molar-refractivity contribution < 1.29 is 4.79 Å². The molecule has 1 saturated carbocycles. The van der Waals surface area contributed by atoms with Crippen LogP contribution in [0.25, 0.3) is 0 Å². The molecule has 18 heavy (non-hydrogen) atoms. The molecule has 0 aliphatic heterocycles. The van der Waals surface area contributed by atoms with E-state index in [1.807, 2.05) is 11.9 Å². The van der Waals surface area contributed by atoms with Crippen LogP contribution in [0.15, 0.2) is 0 Å². The zero-order chi connectivity index (χ0) is 12.7. The van der Waals surface area contributed by atoms with E-state index in [1.165, 1.54) is 19.3 Å².